The molecule has 8 heteroatoms. The molecule has 0 radical (unpaired) electrons. The van der Waals surface area contributed by atoms with E-state index < -0.39 is 0 Å². The molecule has 34 heavy (non-hydrogen) atoms. The summed E-state index contributed by atoms with van der Waals surface area (Å²) in [4.78, 5) is 21.4. The molecule has 2 aromatic carbocycles. The van der Waals surface area contributed by atoms with Gasteiger partial charge in [0.05, 0.1) is 12.2 Å². The van der Waals surface area contributed by atoms with Crippen LogP contribution in [0.3, 0.4) is 0 Å². The van der Waals surface area contributed by atoms with Gasteiger partial charge in [0.1, 0.15) is 0 Å². The second kappa shape index (κ2) is 10.7. The van der Waals surface area contributed by atoms with Crippen LogP contribution in [0.2, 0.25) is 0 Å². The van der Waals surface area contributed by atoms with Crippen LogP contribution in [0.1, 0.15) is 29.2 Å². The van der Waals surface area contributed by atoms with Crippen LogP contribution >= 0.6 is 0 Å². The number of nitrogens with zero attached hydrogens (tertiary/aromatic N) is 6. The number of benzene rings is 2. The summed E-state index contributed by atoms with van der Waals surface area (Å²) in [5, 5.41) is 16.9. The lowest BCUT2D eigenvalue weighted by atomic mass is 10.0. The van der Waals surface area contributed by atoms with E-state index in [9.17, 15) is 10.1 Å². The summed E-state index contributed by atoms with van der Waals surface area (Å²) in [6, 6.07) is 17.8. The number of nitriles is 1. The van der Waals surface area contributed by atoms with Crippen molar-refractivity contribution in [3.05, 3.63) is 83.7 Å². The standard InChI is InChI=1S/C26H29N7O/c1-20-8-6-7-11-23(20)30-26(28-19-27)32-14-15-33(24(18-32)22-9-4-3-5-10-22)25(34)13-12-21-16-29-31(2)17-21/h3-11,16-17,24H,12-15,18H2,1-2H3,(H,28,30). The quantitative estimate of drug-likeness (QED) is 0.361. The van der Waals surface area contributed by atoms with Crippen LogP contribution in [0.15, 0.2) is 72.0 Å². The van der Waals surface area contributed by atoms with E-state index in [2.05, 4.69) is 20.3 Å². The third kappa shape index (κ3) is 5.44. The Morgan fingerprint density at radius 1 is 1.18 bits per heavy atom. The van der Waals surface area contributed by atoms with Gasteiger partial charge in [-0.25, -0.2) is 0 Å². The molecular weight excluding hydrogens is 426 g/mol. The zero-order chi connectivity index (χ0) is 23.9. The average molecular weight is 456 g/mol. The van der Waals surface area contributed by atoms with E-state index in [1.165, 1.54) is 0 Å². The van der Waals surface area contributed by atoms with Gasteiger partial charge in [-0.05, 0) is 36.1 Å². The fraction of sp³-hybridized carbons (Fsp3) is 0.308. The van der Waals surface area contributed by atoms with E-state index in [4.69, 9.17) is 0 Å². The number of carbonyl (C=O) groups excluding carboxylic acids is 1. The molecule has 4 rings (SSSR count). The van der Waals surface area contributed by atoms with Gasteiger partial charge < -0.3 is 15.1 Å². The van der Waals surface area contributed by atoms with Crippen molar-refractivity contribution in [2.24, 2.45) is 12.0 Å². The average Bonchev–Trinajstić information content (AvgIpc) is 3.28. The number of anilines is 1. The number of aromatic nitrogens is 2. The molecule has 0 aliphatic carbocycles. The van der Waals surface area contributed by atoms with Crippen molar-refractivity contribution < 1.29 is 4.79 Å². The molecule has 1 aliphatic rings. The molecule has 0 bridgehead atoms. The molecule has 1 amide bonds. The molecule has 1 atom stereocenters. The van der Waals surface area contributed by atoms with Crippen molar-refractivity contribution in [1.29, 1.82) is 5.26 Å². The van der Waals surface area contributed by atoms with Crippen LogP contribution in [-0.2, 0) is 18.3 Å². The lowest BCUT2D eigenvalue weighted by Gasteiger charge is -2.42. The Kier molecular flexibility index (Phi) is 7.23. The van der Waals surface area contributed by atoms with Gasteiger partial charge in [0.25, 0.3) is 0 Å². The SMILES string of the molecule is Cc1ccccc1N/C(=N/C#N)N1CCN(C(=O)CCc2cnn(C)c2)C(c2ccccc2)C1. The molecule has 1 saturated heterocycles. The van der Waals surface area contributed by atoms with Crippen molar-refractivity contribution >= 4 is 17.6 Å². The minimum atomic E-state index is -0.140. The second-order valence-corrected chi connectivity index (χ2v) is 8.46. The Hall–Kier alpha value is -4.12. The Balaban J connectivity index is 1.53. The van der Waals surface area contributed by atoms with Gasteiger partial charge in [-0.2, -0.15) is 10.4 Å². The molecule has 1 fully saturated rings. The number of rotatable bonds is 5. The number of aliphatic imine (C=N–C) groups is 1. The van der Waals surface area contributed by atoms with E-state index in [-0.39, 0.29) is 11.9 Å². The lowest BCUT2D eigenvalue weighted by Crippen LogP contribution is -2.53. The molecule has 0 saturated carbocycles. The number of para-hydroxylation sites is 1. The zero-order valence-electron chi connectivity index (χ0n) is 19.6. The highest BCUT2D eigenvalue weighted by atomic mass is 16.2. The van der Waals surface area contributed by atoms with Gasteiger partial charge in [0.2, 0.25) is 18.1 Å². The van der Waals surface area contributed by atoms with E-state index >= 15 is 0 Å². The minimum Gasteiger partial charge on any atom is -0.338 e. The molecule has 1 aromatic heterocycles. The number of guanidine groups is 1. The van der Waals surface area contributed by atoms with Gasteiger partial charge in [-0.1, -0.05) is 48.5 Å². The van der Waals surface area contributed by atoms with Crippen molar-refractivity contribution in [2.45, 2.75) is 25.8 Å². The summed E-state index contributed by atoms with van der Waals surface area (Å²) >= 11 is 0. The third-order valence-electron chi connectivity index (χ3n) is 6.12. The number of amides is 1. The van der Waals surface area contributed by atoms with E-state index in [0.29, 0.717) is 38.4 Å². The van der Waals surface area contributed by atoms with E-state index in [1.54, 1.807) is 4.68 Å². The Bertz CT molecular complexity index is 1200. The van der Waals surface area contributed by atoms with Crippen molar-refractivity contribution in [3.8, 4) is 6.19 Å². The zero-order valence-corrected chi connectivity index (χ0v) is 19.6. The number of piperazine rings is 1. The van der Waals surface area contributed by atoms with Crippen LogP contribution in [0.4, 0.5) is 5.69 Å². The predicted octanol–water partition coefficient (Wildman–Crippen LogP) is 3.50. The Morgan fingerprint density at radius 3 is 2.65 bits per heavy atom. The van der Waals surface area contributed by atoms with Gasteiger partial charge in [0, 0.05) is 45.0 Å². The first-order valence-electron chi connectivity index (χ1n) is 11.4. The smallest absolute Gasteiger partial charge is 0.223 e. The van der Waals surface area contributed by atoms with Crippen molar-refractivity contribution in [1.82, 2.24) is 19.6 Å². The van der Waals surface area contributed by atoms with Crippen LogP contribution < -0.4 is 5.32 Å². The number of hydrogen-bond donors (Lipinski definition) is 1. The summed E-state index contributed by atoms with van der Waals surface area (Å²) < 4.78 is 1.75. The fourth-order valence-corrected chi connectivity index (χ4v) is 4.29. The minimum absolute atomic E-state index is 0.114. The third-order valence-corrected chi connectivity index (χ3v) is 6.12. The lowest BCUT2D eigenvalue weighted by molar-refractivity contribution is -0.135. The van der Waals surface area contributed by atoms with Crippen LogP contribution in [0.5, 0.6) is 0 Å². The summed E-state index contributed by atoms with van der Waals surface area (Å²) in [7, 11) is 1.88. The van der Waals surface area contributed by atoms with Gasteiger partial charge in [-0.3, -0.25) is 9.48 Å². The van der Waals surface area contributed by atoms with Gasteiger partial charge >= 0.3 is 0 Å². The summed E-state index contributed by atoms with van der Waals surface area (Å²) in [6.07, 6.45) is 6.77. The highest BCUT2D eigenvalue weighted by Gasteiger charge is 2.33. The maximum Gasteiger partial charge on any atom is 0.223 e. The Labute approximate surface area is 200 Å². The van der Waals surface area contributed by atoms with Gasteiger partial charge in [0.15, 0.2) is 0 Å². The van der Waals surface area contributed by atoms with E-state index in [1.807, 2.05) is 92.1 Å². The normalized spacial score (nSPS) is 16.3. The van der Waals surface area contributed by atoms with E-state index in [0.717, 1.165) is 22.4 Å². The molecule has 1 unspecified atom stereocenters. The molecular formula is C26H29N7O. The molecule has 1 N–H and O–H groups in total. The van der Waals surface area contributed by atoms with Crippen molar-refractivity contribution in [3.63, 3.8) is 0 Å². The number of carbonyl (C=O) groups is 1. The van der Waals surface area contributed by atoms with Crippen LogP contribution in [-0.4, -0.2) is 51.1 Å². The molecule has 1 aliphatic heterocycles. The van der Waals surface area contributed by atoms with Crippen LogP contribution in [0.25, 0.3) is 0 Å². The Morgan fingerprint density at radius 2 is 1.94 bits per heavy atom. The fourth-order valence-electron chi connectivity index (χ4n) is 4.29. The predicted molar refractivity (Wildman–Crippen MR) is 132 cm³/mol. The first-order chi connectivity index (χ1) is 16.5. The molecule has 8 nitrogen and oxygen atoms in total. The number of hydrogen-bond acceptors (Lipinski definition) is 4. The maximum atomic E-state index is 13.3. The molecule has 3 aromatic rings. The topological polar surface area (TPSA) is 89.6 Å². The van der Waals surface area contributed by atoms with Crippen LogP contribution in [0, 0.1) is 18.4 Å². The monoisotopic (exact) mass is 455 g/mol. The van der Waals surface area contributed by atoms with Crippen molar-refractivity contribution in [2.75, 3.05) is 25.0 Å². The highest BCUT2D eigenvalue weighted by Crippen LogP contribution is 2.27. The summed E-state index contributed by atoms with van der Waals surface area (Å²) in [5.41, 5.74) is 4.09. The second-order valence-electron chi connectivity index (χ2n) is 8.46. The summed E-state index contributed by atoms with van der Waals surface area (Å²) in [6.45, 7) is 3.69. The number of aryl methyl sites for hydroxylation is 3. The molecule has 2 heterocycles. The summed E-state index contributed by atoms with van der Waals surface area (Å²) in [5.74, 6) is 0.614. The highest BCUT2D eigenvalue weighted by molar-refractivity contribution is 5.95. The first-order valence-corrected chi connectivity index (χ1v) is 11.4. The first kappa shape index (κ1) is 23.1. The maximum absolute atomic E-state index is 13.3. The molecule has 174 valence electrons. The number of nitrogens with one attached hydrogen (secondary N) is 1. The molecule has 0 spiro atoms. The van der Waals surface area contributed by atoms with Gasteiger partial charge in [-0.15, -0.1) is 4.99 Å². The largest absolute Gasteiger partial charge is 0.338 e.